The van der Waals surface area contributed by atoms with Gasteiger partial charge in [-0.25, -0.2) is 0 Å². The molecule has 0 saturated carbocycles. The van der Waals surface area contributed by atoms with Crippen LogP contribution < -0.4 is 21.3 Å². The summed E-state index contributed by atoms with van der Waals surface area (Å²) in [5.74, 6) is -1.33. The first-order valence-electron chi connectivity index (χ1n) is 10.9. The van der Waals surface area contributed by atoms with Gasteiger partial charge < -0.3 is 16.0 Å². The Morgan fingerprint density at radius 1 is 1.20 bits per heavy atom. The van der Waals surface area contributed by atoms with E-state index < -0.39 is 18.0 Å². The minimum absolute atomic E-state index is 0.0266. The van der Waals surface area contributed by atoms with Crippen LogP contribution in [-0.2, 0) is 20.8 Å². The summed E-state index contributed by atoms with van der Waals surface area (Å²) >= 11 is 0. The van der Waals surface area contributed by atoms with E-state index in [-0.39, 0.29) is 30.4 Å². The number of nitrogens with one attached hydrogen (secondary N) is 4. The lowest BCUT2D eigenvalue weighted by atomic mass is 9.81. The highest BCUT2D eigenvalue weighted by Crippen LogP contribution is 2.28. The Morgan fingerprint density at radius 3 is 2.77 bits per heavy atom. The van der Waals surface area contributed by atoms with Crippen molar-refractivity contribution in [1.29, 1.82) is 0 Å². The van der Waals surface area contributed by atoms with Crippen molar-refractivity contribution < 1.29 is 14.4 Å². The maximum atomic E-state index is 13.0. The molecular weight excluding hydrogens is 382 g/mol. The van der Waals surface area contributed by atoms with Crippen molar-refractivity contribution >= 4 is 17.7 Å². The van der Waals surface area contributed by atoms with Crippen LogP contribution in [0.4, 0.5) is 0 Å². The smallest absolute Gasteiger partial charge is 0.229 e. The second-order valence-electron chi connectivity index (χ2n) is 8.73. The first-order chi connectivity index (χ1) is 14.5. The van der Waals surface area contributed by atoms with Gasteiger partial charge in [0.15, 0.2) is 0 Å². The third-order valence-corrected chi connectivity index (χ3v) is 6.38. The van der Waals surface area contributed by atoms with E-state index in [1.807, 2.05) is 30.3 Å². The lowest BCUT2D eigenvalue weighted by Crippen LogP contribution is -2.74. The molecule has 30 heavy (non-hydrogen) atoms. The molecule has 5 unspecified atom stereocenters. The zero-order valence-corrected chi connectivity index (χ0v) is 17.4. The number of piperidine rings is 2. The molecule has 3 heterocycles. The molecule has 3 fully saturated rings. The fourth-order valence-corrected chi connectivity index (χ4v) is 4.82. The van der Waals surface area contributed by atoms with Gasteiger partial charge in [0.2, 0.25) is 17.7 Å². The molecule has 5 atom stereocenters. The summed E-state index contributed by atoms with van der Waals surface area (Å²) in [6.07, 6.45) is 2.15. The molecule has 0 spiro atoms. The second-order valence-corrected chi connectivity index (χ2v) is 8.73. The molecule has 3 amide bonds. The van der Waals surface area contributed by atoms with Crippen LogP contribution in [0.3, 0.4) is 0 Å². The zero-order valence-electron chi connectivity index (χ0n) is 17.4. The molecule has 4 rings (SSSR count). The van der Waals surface area contributed by atoms with Gasteiger partial charge in [-0.05, 0) is 30.7 Å². The number of hydrogen-bond donors (Lipinski definition) is 4. The third-order valence-electron chi connectivity index (χ3n) is 6.38. The first kappa shape index (κ1) is 20.8. The van der Waals surface area contributed by atoms with Crippen LogP contribution >= 0.6 is 0 Å². The van der Waals surface area contributed by atoms with Gasteiger partial charge in [-0.15, -0.1) is 0 Å². The van der Waals surface area contributed by atoms with Crippen LogP contribution in [0.1, 0.15) is 31.7 Å². The molecule has 1 aromatic rings. The number of amides is 3. The number of carbonyl (C=O) groups is 3. The Kier molecular flexibility index (Phi) is 6.34. The van der Waals surface area contributed by atoms with Crippen LogP contribution in [0.25, 0.3) is 0 Å². The van der Waals surface area contributed by atoms with Crippen LogP contribution in [0, 0.1) is 17.8 Å². The maximum Gasteiger partial charge on any atom is 0.229 e. The molecule has 3 aliphatic heterocycles. The van der Waals surface area contributed by atoms with Crippen LogP contribution in [0.15, 0.2) is 30.3 Å². The minimum Gasteiger partial charge on any atom is -0.355 e. The predicted octanol–water partition coefficient (Wildman–Crippen LogP) is 0.159. The summed E-state index contributed by atoms with van der Waals surface area (Å²) < 4.78 is 0. The molecule has 0 aliphatic carbocycles. The minimum atomic E-state index is -0.673. The van der Waals surface area contributed by atoms with Gasteiger partial charge in [-0.2, -0.15) is 0 Å². The Labute approximate surface area is 177 Å². The highest BCUT2D eigenvalue weighted by Gasteiger charge is 2.49. The lowest BCUT2D eigenvalue weighted by Gasteiger charge is -2.47. The first-order valence-corrected chi connectivity index (χ1v) is 10.9. The van der Waals surface area contributed by atoms with Gasteiger partial charge in [0, 0.05) is 26.1 Å². The van der Waals surface area contributed by atoms with Crippen molar-refractivity contribution in [2.45, 2.75) is 45.1 Å². The number of nitrogens with zero attached hydrogens (tertiary/aromatic N) is 1. The Balaban J connectivity index is 1.38. The molecule has 3 aliphatic rings. The van der Waals surface area contributed by atoms with E-state index in [0.717, 1.165) is 25.1 Å². The van der Waals surface area contributed by atoms with E-state index >= 15 is 0 Å². The summed E-state index contributed by atoms with van der Waals surface area (Å²) in [5.41, 5.74) is 1.13. The average molecular weight is 414 g/mol. The monoisotopic (exact) mass is 413 g/mol. The second kappa shape index (κ2) is 9.14. The molecule has 8 nitrogen and oxygen atoms in total. The fraction of sp³-hybridized carbons (Fsp3) is 0.591. The summed E-state index contributed by atoms with van der Waals surface area (Å²) in [5, 5.41) is 12.2. The summed E-state index contributed by atoms with van der Waals surface area (Å²) in [7, 11) is 0. The van der Waals surface area contributed by atoms with E-state index in [1.165, 1.54) is 6.42 Å². The van der Waals surface area contributed by atoms with Gasteiger partial charge >= 0.3 is 0 Å². The van der Waals surface area contributed by atoms with E-state index in [2.05, 4.69) is 33.1 Å². The average Bonchev–Trinajstić information content (AvgIpc) is 2.73. The SMILES string of the molecule is CC1CCCN(C2NC(=O)C3C(NC(=O)CC3C(=O)NCCc3ccccc3)N2)C1. The number of rotatable bonds is 5. The van der Waals surface area contributed by atoms with E-state index in [1.54, 1.807) is 0 Å². The molecular formula is C22H31N5O3. The van der Waals surface area contributed by atoms with E-state index in [0.29, 0.717) is 18.9 Å². The number of likely N-dealkylation sites (tertiary alicyclic amines) is 1. The van der Waals surface area contributed by atoms with Crippen molar-refractivity contribution in [3.05, 3.63) is 35.9 Å². The molecule has 0 radical (unpaired) electrons. The lowest BCUT2D eigenvalue weighted by molar-refractivity contribution is -0.149. The molecule has 1 aromatic carbocycles. The summed E-state index contributed by atoms with van der Waals surface area (Å²) in [6.45, 7) is 4.48. The Hall–Kier alpha value is -2.45. The third kappa shape index (κ3) is 4.65. The fourth-order valence-electron chi connectivity index (χ4n) is 4.82. The standard InChI is InChI=1S/C22H31N5O3/c1-14-6-5-11-27(13-14)22-25-19-18(21(30)26-22)16(12-17(28)24-19)20(29)23-10-9-15-7-3-2-4-8-15/h2-4,7-8,14,16,18-19,22,25H,5-6,9-13H2,1H3,(H,23,29)(H,24,28)(H,26,30). The van der Waals surface area contributed by atoms with Crippen molar-refractivity contribution in [2.24, 2.45) is 17.8 Å². The number of benzene rings is 1. The van der Waals surface area contributed by atoms with Crippen LogP contribution in [0.2, 0.25) is 0 Å². The Bertz CT molecular complexity index is 786. The molecule has 4 N–H and O–H groups in total. The largest absolute Gasteiger partial charge is 0.355 e. The topological polar surface area (TPSA) is 103 Å². The van der Waals surface area contributed by atoms with Gasteiger partial charge in [0.1, 0.15) is 6.29 Å². The van der Waals surface area contributed by atoms with Crippen molar-refractivity contribution in [2.75, 3.05) is 19.6 Å². The summed E-state index contributed by atoms with van der Waals surface area (Å²) in [4.78, 5) is 40.3. The molecule has 162 valence electrons. The quantitative estimate of drug-likeness (QED) is 0.551. The van der Waals surface area contributed by atoms with Crippen LogP contribution in [0.5, 0.6) is 0 Å². The Morgan fingerprint density at radius 2 is 2.00 bits per heavy atom. The van der Waals surface area contributed by atoms with Crippen molar-refractivity contribution in [3.63, 3.8) is 0 Å². The highest BCUT2D eigenvalue weighted by atomic mass is 16.2. The van der Waals surface area contributed by atoms with E-state index in [4.69, 9.17) is 0 Å². The number of fused-ring (bicyclic) bond motifs is 1. The maximum absolute atomic E-state index is 13.0. The number of hydrogen-bond acceptors (Lipinski definition) is 5. The molecule has 0 bridgehead atoms. The van der Waals surface area contributed by atoms with Gasteiger partial charge in [-0.3, -0.25) is 24.6 Å². The highest BCUT2D eigenvalue weighted by molar-refractivity contribution is 5.94. The molecule has 0 aromatic heterocycles. The molecule has 3 saturated heterocycles. The number of carbonyl (C=O) groups excluding carboxylic acids is 3. The van der Waals surface area contributed by atoms with Crippen molar-refractivity contribution in [1.82, 2.24) is 26.2 Å². The molecule has 8 heteroatoms. The van der Waals surface area contributed by atoms with E-state index in [9.17, 15) is 14.4 Å². The normalized spacial score (nSPS) is 32.0. The predicted molar refractivity (Wildman–Crippen MR) is 112 cm³/mol. The van der Waals surface area contributed by atoms with Gasteiger partial charge in [-0.1, -0.05) is 37.3 Å². The summed E-state index contributed by atoms with van der Waals surface area (Å²) in [6, 6.07) is 9.90. The zero-order chi connectivity index (χ0) is 21.1. The van der Waals surface area contributed by atoms with Gasteiger partial charge in [0.05, 0.1) is 18.0 Å². The van der Waals surface area contributed by atoms with Gasteiger partial charge in [0.25, 0.3) is 0 Å². The van der Waals surface area contributed by atoms with Crippen LogP contribution in [-0.4, -0.2) is 54.7 Å². The van der Waals surface area contributed by atoms with Crippen molar-refractivity contribution in [3.8, 4) is 0 Å².